The van der Waals surface area contributed by atoms with Crippen molar-refractivity contribution < 1.29 is 22.7 Å². The van der Waals surface area contributed by atoms with Gasteiger partial charge in [0.15, 0.2) is 5.66 Å². The third-order valence-corrected chi connectivity index (χ3v) is 9.55. The van der Waals surface area contributed by atoms with Crippen molar-refractivity contribution in [3.8, 4) is 11.5 Å². The molecule has 224 valence electrons. The number of rotatable bonds is 8. The predicted molar refractivity (Wildman–Crippen MR) is 163 cm³/mol. The molecule has 12 heteroatoms. The van der Waals surface area contributed by atoms with Crippen LogP contribution in [0.2, 0.25) is 10.0 Å². The second-order valence-electron chi connectivity index (χ2n) is 10.3. The average Bonchev–Trinajstić information content (AvgIpc) is 3.39. The summed E-state index contributed by atoms with van der Waals surface area (Å²) in [4.78, 5) is 16.5. The van der Waals surface area contributed by atoms with E-state index in [4.69, 9.17) is 32.7 Å². The van der Waals surface area contributed by atoms with Crippen molar-refractivity contribution in [2.45, 2.75) is 24.7 Å². The molecule has 3 aromatic carbocycles. The molecule has 2 saturated heterocycles. The van der Waals surface area contributed by atoms with Gasteiger partial charge in [0, 0.05) is 47.9 Å². The largest absolute Gasteiger partial charge is 0.497 e. The number of carbonyl (C=O) groups is 1. The quantitative estimate of drug-likeness (QED) is 0.381. The number of ether oxygens (including phenoxy) is 2. The summed E-state index contributed by atoms with van der Waals surface area (Å²) in [6.07, 6.45) is 1.19. The van der Waals surface area contributed by atoms with Crippen LogP contribution in [-0.2, 0) is 20.5 Å². The van der Waals surface area contributed by atoms with E-state index in [-0.39, 0.29) is 44.2 Å². The lowest BCUT2D eigenvalue weighted by Crippen LogP contribution is -2.62. The molecule has 2 N–H and O–H groups in total. The van der Waals surface area contributed by atoms with E-state index in [2.05, 4.69) is 10.6 Å². The van der Waals surface area contributed by atoms with E-state index in [1.54, 1.807) is 24.1 Å². The first-order valence-electron chi connectivity index (χ1n) is 13.7. The maximum absolute atomic E-state index is 14.8. The molecule has 5 rings (SSSR count). The molecule has 2 unspecified atom stereocenters. The Morgan fingerprint density at radius 3 is 1.88 bits per heavy atom. The standard InChI is InChI=1S/C30H34Cl2N4O5S/c1-4-41-26-19-24(40-2)13-14-25(26)30(29(37)35-15-17-36(18-16-35)42(3,38)39)33-27(20-5-9-22(31)10-6-20)28(34-30)21-7-11-23(32)12-8-21/h5-14,19,27-28,33-34H,4,15-18H2,1-3H3. The van der Waals surface area contributed by atoms with Crippen LogP contribution >= 0.6 is 23.2 Å². The molecule has 42 heavy (non-hydrogen) atoms. The number of halogens is 2. The van der Waals surface area contributed by atoms with Crippen molar-refractivity contribution in [2.24, 2.45) is 0 Å². The fraction of sp³-hybridized carbons (Fsp3) is 0.367. The number of carbonyl (C=O) groups excluding carboxylic acids is 1. The molecular weight excluding hydrogens is 599 g/mol. The Labute approximate surface area is 256 Å². The molecular formula is C30H34Cl2N4O5S. The molecule has 0 radical (unpaired) electrons. The van der Waals surface area contributed by atoms with Crippen molar-refractivity contribution in [1.82, 2.24) is 19.8 Å². The molecule has 2 aliphatic heterocycles. The number of nitrogens with one attached hydrogen (secondary N) is 2. The van der Waals surface area contributed by atoms with Crippen molar-refractivity contribution in [2.75, 3.05) is 46.2 Å². The topological polar surface area (TPSA) is 100 Å². The lowest BCUT2D eigenvalue weighted by molar-refractivity contribution is -0.141. The third kappa shape index (κ3) is 6.10. The highest BCUT2D eigenvalue weighted by atomic mass is 35.5. The van der Waals surface area contributed by atoms with Crippen LogP contribution < -0.4 is 20.1 Å². The number of piperazine rings is 1. The predicted octanol–water partition coefficient (Wildman–Crippen LogP) is 4.33. The second kappa shape index (κ2) is 12.4. The van der Waals surface area contributed by atoms with Crippen molar-refractivity contribution in [1.29, 1.82) is 0 Å². The first-order valence-corrected chi connectivity index (χ1v) is 16.3. The number of hydrogen-bond donors (Lipinski definition) is 2. The number of hydrogen-bond acceptors (Lipinski definition) is 7. The molecule has 0 aliphatic carbocycles. The van der Waals surface area contributed by atoms with Gasteiger partial charge in [-0.15, -0.1) is 0 Å². The Kier molecular flexibility index (Phi) is 9.03. The van der Waals surface area contributed by atoms with Gasteiger partial charge in [0.25, 0.3) is 5.91 Å². The zero-order valence-corrected chi connectivity index (χ0v) is 26.0. The summed E-state index contributed by atoms with van der Waals surface area (Å²) >= 11 is 12.5. The normalized spacial score (nSPS) is 23.1. The van der Waals surface area contributed by atoms with E-state index in [1.165, 1.54) is 10.6 Å². The summed E-state index contributed by atoms with van der Waals surface area (Å²) < 4.78 is 37.3. The van der Waals surface area contributed by atoms with Gasteiger partial charge in [-0.05, 0) is 54.4 Å². The summed E-state index contributed by atoms with van der Waals surface area (Å²) in [5.41, 5.74) is 1.01. The van der Waals surface area contributed by atoms with E-state index in [1.807, 2.05) is 61.5 Å². The van der Waals surface area contributed by atoms with Crippen LogP contribution in [0.4, 0.5) is 0 Å². The molecule has 2 fully saturated rings. The SMILES string of the molecule is CCOc1cc(OC)ccc1C1(C(=O)N2CCN(S(C)(=O)=O)CC2)NC(c2ccc(Cl)cc2)C(c2ccc(Cl)cc2)N1. The lowest BCUT2D eigenvalue weighted by atomic mass is 9.95. The number of nitrogens with zero attached hydrogens (tertiary/aromatic N) is 2. The lowest BCUT2D eigenvalue weighted by Gasteiger charge is -2.40. The highest BCUT2D eigenvalue weighted by Gasteiger charge is 2.54. The van der Waals surface area contributed by atoms with Crippen LogP contribution in [0.25, 0.3) is 0 Å². The Bertz CT molecular complexity index is 1470. The minimum absolute atomic E-state index is 0.211. The second-order valence-corrected chi connectivity index (χ2v) is 13.2. The van der Waals surface area contributed by atoms with Crippen LogP contribution in [0.3, 0.4) is 0 Å². The monoisotopic (exact) mass is 632 g/mol. The maximum atomic E-state index is 14.8. The fourth-order valence-electron chi connectivity index (χ4n) is 5.64. The molecule has 1 amide bonds. The van der Waals surface area contributed by atoms with Gasteiger partial charge in [0.2, 0.25) is 10.0 Å². The Morgan fingerprint density at radius 1 is 0.905 bits per heavy atom. The number of amides is 1. The van der Waals surface area contributed by atoms with Crippen molar-refractivity contribution in [3.05, 3.63) is 93.5 Å². The minimum atomic E-state index is -3.37. The highest BCUT2D eigenvalue weighted by molar-refractivity contribution is 7.88. The Balaban J connectivity index is 1.64. The molecule has 0 saturated carbocycles. The molecule has 0 bridgehead atoms. The van der Waals surface area contributed by atoms with E-state index in [0.29, 0.717) is 33.7 Å². The van der Waals surface area contributed by atoms with Gasteiger partial charge >= 0.3 is 0 Å². The highest BCUT2D eigenvalue weighted by Crippen LogP contribution is 2.45. The minimum Gasteiger partial charge on any atom is -0.497 e. The van der Waals surface area contributed by atoms with Crippen LogP contribution in [0.15, 0.2) is 66.7 Å². The molecule has 2 aliphatic rings. The number of benzene rings is 3. The smallest absolute Gasteiger partial charge is 0.262 e. The zero-order chi connectivity index (χ0) is 30.1. The van der Waals surface area contributed by atoms with Crippen LogP contribution in [0, 0.1) is 0 Å². The summed E-state index contributed by atoms with van der Waals surface area (Å²) in [6.45, 7) is 3.16. The van der Waals surface area contributed by atoms with E-state index >= 15 is 0 Å². The van der Waals surface area contributed by atoms with Gasteiger partial charge in [-0.1, -0.05) is 47.5 Å². The number of methoxy groups -OCH3 is 1. The summed E-state index contributed by atoms with van der Waals surface area (Å²) in [5, 5.41) is 8.54. The van der Waals surface area contributed by atoms with Crippen LogP contribution in [0.1, 0.15) is 35.7 Å². The van der Waals surface area contributed by atoms with Gasteiger partial charge < -0.3 is 14.4 Å². The molecule has 0 spiro atoms. The molecule has 0 aromatic heterocycles. The van der Waals surface area contributed by atoms with Crippen LogP contribution in [-0.4, -0.2) is 69.7 Å². The van der Waals surface area contributed by atoms with E-state index in [0.717, 1.165) is 11.1 Å². The maximum Gasteiger partial charge on any atom is 0.262 e. The van der Waals surface area contributed by atoms with Crippen molar-refractivity contribution in [3.63, 3.8) is 0 Å². The van der Waals surface area contributed by atoms with Gasteiger partial charge in [-0.25, -0.2) is 8.42 Å². The molecule has 9 nitrogen and oxygen atoms in total. The van der Waals surface area contributed by atoms with Gasteiger partial charge in [0.1, 0.15) is 11.5 Å². The van der Waals surface area contributed by atoms with E-state index in [9.17, 15) is 13.2 Å². The third-order valence-electron chi connectivity index (χ3n) is 7.74. The van der Waals surface area contributed by atoms with Gasteiger partial charge in [0.05, 0.1) is 32.1 Å². The average molecular weight is 634 g/mol. The van der Waals surface area contributed by atoms with Gasteiger partial charge in [-0.3, -0.25) is 15.4 Å². The molecule has 2 atom stereocenters. The zero-order valence-electron chi connectivity index (χ0n) is 23.6. The summed E-state index contributed by atoms with van der Waals surface area (Å²) in [5.74, 6) is 0.844. The summed E-state index contributed by atoms with van der Waals surface area (Å²) in [7, 11) is -1.80. The summed E-state index contributed by atoms with van der Waals surface area (Å²) in [6, 6.07) is 19.7. The fourth-order valence-corrected chi connectivity index (χ4v) is 6.71. The number of sulfonamides is 1. The molecule has 3 aromatic rings. The molecule has 2 heterocycles. The van der Waals surface area contributed by atoms with Crippen molar-refractivity contribution >= 4 is 39.1 Å². The van der Waals surface area contributed by atoms with E-state index < -0.39 is 15.7 Å². The first-order chi connectivity index (χ1) is 20.1. The van der Waals surface area contributed by atoms with Gasteiger partial charge in [-0.2, -0.15) is 4.31 Å². The Hall–Kier alpha value is -2.86. The first kappa shape index (κ1) is 30.6. The van der Waals surface area contributed by atoms with Crippen LogP contribution in [0.5, 0.6) is 11.5 Å². The Morgan fingerprint density at radius 2 is 1.43 bits per heavy atom.